The van der Waals surface area contributed by atoms with Gasteiger partial charge in [-0.3, -0.25) is 9.78 Å². The van der Waals surface area contributed by atoms with Crippen LogP contribution in [0.25, 0.3) is 11.4 Å². The largest absolute Gasteiger partial charge is 0.493 e. The molecule has 5 heteroatoms. The Morgan fingerprint density at radius 3 is 2.75 bits per heavy atom. The Balaban J connectivity index is 2.67. The molecule has 0 radical (unpaired) electrons. The smallest absolute Gasteiger partial charge is 0.257 e. The number of nitrogens with one attached hydrogen (secondary N) is 1. The predicted octanol–water partition coefficient (Wildman–Crippen LogP) is 1.15. The fourth-order valence-corrected chi connectivity index (χ4v) is 1.39. The van der Waals surface area contributed by atoms with Gasteiger partial charge < -0.3 is 10.1 Å². The molecule has 0 amide bonds. The summed E-state index contributed by atoms with van der Waals surface area (Å²) in [4.78, 5) is 22.0. The highest BCUT2D eigenvalue weighted by Gasteiger charge is 2.09. The van der Waals surface area contributed by atoms with Gasteiger partial charge in [0.05, 0.1) is 5.56 Å². The van der Waals surface area contributed by atoms with Crippen LogP contribution in [0.15, 0.2) is 23.3 Å². The summed E-state index contributed by atoms with van der Waals surface area (Å²) >= 11 is 0. The second-order valence-corrected chi connectivity index (χ2v) is 3.55. The van der Waals surface area contributed by atoms with E-state index >= 15 is 0 Å². The third-order valence-corrected chi connectivity index (χ3v) is 2.40. The number of aromatic nitrogens is 3. The highest BCUT2D eigenvalue weighted by atomic mass is 16.3. The molecule has 0 unspecified atom stereocenters. The van der Waals surface area contributed by atoms with Gasteiger partial charge in [0.1, 0.15) is 5.82 Å². The van der Waals surface area contributed by atoms with Crippen LogP contribution in [-0.4, -0.2) is 20.1 Å². The fraction of sp³-hybridized carbons (Fsp3) is 0.182. The summed E-state index contributed by atoms with van der Waals surface area (Å²) < 4.78 is 0. The van der Waals surface area contributed by atoms with Crippen molar-refractivity contribution in [2.45, 2.75) is 13.8 Å². The molecule has 16 heavy (non-hydrogen) atoms. The van der Waals surface area contributed by atoms with E-state index in [-0.39, 0.29) is 17.0 Å². The van der Waals surface area contributed by atoms with Crippen molar-refractivity contribution < 1.29 is 5.11 Å². The molecular weight excluding hydrogens is 206 g/mol. The molecule has 0 aliphatic carbocycles. The zero-order chi connectivity index (χ0) is 11.7. The fourth-order valence-electron chi connectivity index (χ4n) is 1.39. The average Bonchev–Trinajstić information content (AvgIpc) is 2.26. The van der Waals surface area contributed by atoms with E-state index in [2.05, 4.69) is 15.0 Å². The SMILES string of the molecule is Cc1cnccc1-c1nc(O)c(C)c(=O)[nH]1. The van der Waals surface area contributed by atoms with Crippen LogP contribution in [0.1, 0.15) is 11.1 Å². The molecule has 2 rings (SSSR count). The highest BCUT2D eigenvalue weighted by Crippen LogP contribution is 2.19. The second kappa shape index (κ2) is 3.77. The first-order valence-corrected chi connectivity index (χ1v) is 4.80. The Kier molecular flexibility index (Phi) is 2.44. The Morgan fingerprint density at radius 1 is 1.38 bits per heavy atom. The van der Waals surface area contributed by atoms with Crippen LogP contribution in [-0.2, 0) is 0 Å². The Labute approximate surface area is 91.8 Å². The van der Waals surface area contributed by atoms with Crippen molar-refractivity contribution in [3.8, 4) is 17.3 Å². The number of aromatic amines is 1. The first-order chi connectivity index (χ1) is 7.59. The molecule has 0 aliphatic heterocycles. The van der Waals surface area contributed by atoms with Crippen LogP contribution in [0.4, 0.5) is 0 Å². The Hall–Kier alpha value is -2.17. The van der Waals surface area contributed by atoms with Gasteiger partial charge in [-0.2, -0.15) is 4.98 Å². The molecule has 0 bridgehead atoms. The van der Waals surface area contributed by atoms with E-state index in [0.717, 1.165) is 11.1 Å². The summed E-state index contributed by atoms with van der Waals surface area (Å²) in [5, 5.41) is 9.49. The summed E-state index contributed by atoms with van der Waals surface area (Å²) in [6, 6.07) is 1.74. The molecular formula is C11H11N3O2. The third-order valence-electron chi connectivity index (χ3n) is 2.40. The zero-order valence-corrected chi connectivity index (χ0v) is 8.98. The lowest BCUT2D eigenvalue weighted by molar-refractivity contribution is 0.447. The van der Waals surface area contributed by atoms with Crippen molar-refractivity contribution >= 4 is 0 Å². The molecule has 0 atom stereocenters. The van der Waals surface area contributed by atoms with Gasteiger partial charge in [0.2, 0.25) is 5.88 Å². The lowest BCUT2D eigenvalue weighted by Gasteiger charge is -2.05. The lowest BCUT2D eigenvalue weighted by atomic mass is 10.1. The molecule has 2 aromatic rings. The van der Waals surface area contributed by atoms with Crippen LogP contribution in [0.2, 0.25) is 0 Å². The number of aryl methyl sites for hydroxylation is 1. The van der Waals surface area contributed by atoms with E-state index < -0.39 is 0 Å². The molecule has 0 saturated heterocycles. The molecule has 0 aromatic carbocycles. The van der Waals surface area contributed by atoms with Gasteiger partial charge in [0, 0.05) is 18.0 Å². The van der Waals surface area contributed by atoms with Crippen LogP contribution in [0.5, 0.6) is 5.88 Å². The van der Waals surface area contributed by atoms with Gasteiger partial charge in [-0.1, -0.05) is 0 Å². The maximum Gasteiger partial charge on any atom is 0.257 e. The summed E-state index contributed by atoms with van der Waals surface area (Å²) in [6.45, 7) is 3.38. The maximum absolute atomic E-state index is 11.5. The molecule has 2 heterocycles. The van der Waals surface area contributed by atoms with Crippen molar-refractivity contribution in [2.75, 3.05) is 0 Å². The van der Waals surface area contributed by atoms with E-state index in [4.69, 9.17) is 0 Å². The van der Waals surface area contributed by atoms with Crippen LogP contribution < -0.4 is 5.56 Å². The van der Waals surface area contributed by atoms with Crippen molar-refractivity contribution in [1.82, 2.24) is 15.0 Å². The summed E-state index contributed by atoms with van der Waals surface area (Å²) in [7, 11) is 0. The molecule has 82 valence electrons. The van der Waals surface area contributed by atoms with Crippen LogP contribution in [0, 0.1) is 13.8 Å². The Bertz CT molecular complexity index is 590. The van der Waals surface area contributed by atoms with E-state index in [9.17, 15) is 9.90 Å². The van der Waals surface area contributed by atoms with Crippen molar-refractivity contribution in [3.05, 3.63) is 39.9 Å². The minimum Gasteiger partial charge on any atom is -0.493 e. The molecule has 0 saturated carbocycles. The molecule has 2 N–H and O–H groups in total. The molecule has 0 aliphatic rings. The van der Waals surface area contributed by atoms with E-state index in [1.807, 2.05) is 6.92 Å². The van der Waals surface area contributed by atoms with Crippen molar-refractivity contribution in [1.29, 1.82) is 0 Å². The summed E-state index contributed by atoms with van der Waals surface area (Å²) in [5.41, 5.74) is 1.52. The predicted molar refractivity (Wildman–Crippen MR) is 59.2 cm³/mol. The number of hydrogen-bond donors (Lipinski definition) is 2. The van der Waals surface area contributed by atoms with E-state index in [1.54, 1.807) is 18.5 Å². The van der Waals surface area contributed by atoms with E-state index in [1.165, 1.54) is 6.92 Å². The van der Waals surface area contributed by atoms with Crippen LogP contribution >= 0.6 is 0 Å². The van der Waals surface area contributed by atoms with Gasteiger partial charge in [-0.25, -0.2) is 0 Å². The number of H-pyrrole nitrogens is 1. The van der Waals surface area contributed by atoms with Crippen molar-refractivity contribution in [2.24, 2.45) is 0 Å². The Morgan fingerprint density at radius 2 is 2.12 bits per heavy atom. The first-order valence-electron chi connectivity index (χ1n) is 4.80. The maximum atomic E-state index is 11.5. The van der Waals surface area contributed by atoms with Crippen LogP contribution in [0.3, 0.4) is 0 Å². The van der Waals surface area contributed by atoms with Gasteiger partial charge in [-0.05, 0) is 25.5 Å². The number of nitrogens with zero attached hydrogens (tertiary/aromatic N) is 2. The number of pyridine rings is 1. The second-order valence-electron chi connectivity index (χ2n) is 3.55. The summed E-state index contributed by atoms with van der Waals surface area (Å²) in [5.74, 6) is 0.114. The third kappa shape index (κ3) is 1.67. The summed E-state index contributed by atoms with van der Waals surface area (Å²) in [6.07, 6.45) is 3.28. The normalized spacial score (nSPS) is 10.4. The van der Waals surface area contributed by atoms with Crippen molar-refractivity contribution in [3.63, 3.8) is 0 Å². The van der Waals surface area contributed by atoms with Gasteiger partial charge in [0.25, 0.3) is 5.56 Å². The molecule has 5 nitrogen and oxygen atoms in total. The average molecular weight is 217 g/mol. The first kappa shape index (κ1) is 10.4. The number of rotatable bonds is 1. The van der Waals surface area contributed by atoms with Gasteiger partial charge in [0.15, 0.2) is 0 Å². The molecule has 0 fully saturated rings. The topological polar surface area (TPSA) is 78.9 Å². The monoisotopic (exact) mass is 217 g/mol. The molecule has 2 aromatic heterocycles. The zero-order valence-electron chi connectivity index (χ0n) is 8.98. The van der Waals surface area contributed by atoms with E-state index in [0.29, 0.717) is 5.82 Å². The quantitative estimate of drug-likeness (QED) is 0.751. The minimum atomic E-state index is -0.335. The molecule has 0 spiro atoms. The van der Waals surface area contributed by atoms with Gasteiger partial charge >= 0.3 is 0 Å². The minimum absolute atomic E-state index is 0.218. The standard InChI is InChI=1S/C11H11N3O2/c1-6-5-12-4-3-8(6)9-13-10(15)7(2)11(16)14-9/h3-5H,1-2H3,(H2,13,14,15,16). The lowest BCUT2D eigenvalue weighted by Crippen LogP contribution is -2.12. The number of hydrogen-bond acceptors (Lipinski definition) is 4. The number of aromatic hydroxyl groups is 1. The van der Waals surface area contributed by atoms with Gasteiger partial charge in [-0.15, -0.1) is 0 Å². The highest BCUT2D eigenvalue weighted by molar-refractivity contribution is 5.59.